The van der Waals surface area contributed by atoms with Gasteiger partial charge in [-0.25, -0.2) is 18.5 Å². The minimum atomic E-state index is -3.78. The van der Waals surface area contributed by atoms with E-state index in [2.05, 4.69) is 15.2 Å². The molecular formula is C19H12ClN5O2S4. The zero-order valence-electron chi connectivity index (χ0n) is 15.5. The van der Waals surface area contributed by atoms with E-state index in [-0.39, 0.29) is 4.90 Å². The van der Waals surface area contributed by atoms with Crippen LogP contribution in [0.25, 0.3) is 26.6 Å². The Bertz CT molecular complexity index is 1490. The number of hydrogen-bond acceptors (Lipinski definition) is 8. The number of nitrogens with two attached hydrogens (primary N) is 1. The lowest BCUT2D eigenvalue weighted by Crippen LogP contribution is -2.12. The molecule has 0 atom stereocenters. The topological polar surface area (TPSA) is 104 Å². The van der Waals surface area contributed by atoms with Crippen molar-refractivity contribution in [1.82, 2.24) is 19.7 Å². The van der Waals surface area contributed by atoms with Gasteiger partial charge in [-0.3, -0.25) is 4.57 Å². The monoisotopic (exact) mass is 505 g/mol. The van der Waals surface area contributed by atoms with Gasteiger partial charge in [0.25, 0.3) is 0 Å². The minimum absolute atomic E-state index is 0.0389. The molecule has 0 fully saturated rings. The average Bonchev–Trinajstić information content (AvgIpc) is 3.47. The summed E-state index contributed by atoms with van der Waals surface area (Å²) < 4.78 is 26.9. The van der Waals surface area contributed by atoms with Crippen molar-refractivity contribution in [2.24, 2.45) is 5.14 Å². The Morgan fingerprint density at radius 1 is 1.03 bits per heavy atom. The molecule has 0 saturated carbocycles. The molecule has 5 rings (SSSR count). The van der Waals surface area contributed by atoms with Crippen LogP contribution in [0.1, 0.15) is 0 Å². The van der Waals surface area contributed by atoms with Crippen molar-refractivity contribution >= 4 is 66.3 Å². The van der Waals surface area contributed by atoms with Gasteiger partial charge < -0.3 is 0 Å². The van der Waals surface area contributed by atoms with Gasteiger partial charge in [0.15, 0.2) is 10.2 Å². The van der Waals surface area contributed by atoms with Crippen molar-refractivity contribution in [3.8, 4) is 16.4 Å². The molecule has 0 unspecified atom stereocenters. The number of thiophene rings is 1. The predicted octanol–water partition coefficient (Wildman–Crippen LogP) is 5.06. The van der Waals surface area contributed by atoms with Crippen molar-refractivity contribution in [3.05, 3.63) is 65.0 Å². The van der Waals surface area contributed by atoms with E-state index in [4.69, 9.17) is 16.7 Å². The number of primary sulfonamides is 1. The number of rotatable bonds is 5. The molecule has 0 saturated heterocycles. The molecule has 3 aromatic heterocycles. The second-order valence-electron chi connectivity index (χ2n) is 6.33. The van der Waals surface area contributed by atoms with Crippen LogP contribution in [0.4, 0.5) is 0 Å². The van der Waals surface area contributed by atoms with Crippen molar-refractivity contribution < 1.29 is 8.42 Å². The van der Waals surface area contributed by atoms with E-state index < -0.39 is 10.0 Å². The molecule has 0 bridgehead atoms. The summed E-state index contributed by atoms with van der Waals surface area (Å²) in [4.78, 5) is 5.61. The van der Waals surface area contributed by atoms with Crippen LogP contribution in [-0.2, 0) is 10.0 Å². The fourth-order valence-electron chi connectivity index (χ4n) is 2.94. The number of benzene rings is 2. The van der Waals surface area contributed by atoms with Crippen LogP contribution in [0, 0.1) is 0 Å². The molecule has 12 heteroatoms. The van der Waals surface area contributed by atoms with Crippen LogP contribution in [0.2, 0.25) is 5.02 Å². The van der Waals surface area contributed by atoms with Gasteiger partial charge in [0, 0.05) is 5.69 Å². The van der Waals surface area contributed by atoms with Gasteiger partial charge in [-0.2, -0.15) is 0 Å². The summed E-state index contributed by atoms with van der Waals surface area (Å²) in [6, 6.07) is 15.9. The third kappa shape index (κ3) is 4.00. The quantitative estimate of drug-likeness (QED) is 0.358. The van der Waals surface area contributed by atoms with Crippen LogP contribution in [-0.4, -0.2) is 28.2 Å². The fourth-order valence-corrected chi connectivity index (χ4v) is 6.46. The third-order valence-corrected chi connectivity index (χ3v) is 8.46. The summed E-state index contributed by atoms with van der Waals surface area (Å²) in [6.45, 7) is 0. The Hall–Kier alpha value is -2.28. The third-order valence-electron chi connectivity index (χ3n) is 4.33. The zero-order valence-corrected chi connectivity index (χ0v) is 19.5. The molecule has 0 radical (unpaired) electrons. The van der Waals surface area contributed by atoms with Crippen molar-refractivity contribution in [2.75, 3.05) is 0 Å². The van der Waals surface area contributed by atoms with E-state index in [0.29, 0.717) is 21.7 Å². The van der Waals surface area contributed by atoms with E-state index in [1.165, 1.54) is 46.6 Å². The molecule has 156 valence electrons. The Labute approximate surface area is 194 Å². The van der Waals surface area contributed by atoms with Gasteiger partial charge in [0.1, 0.15) is 5.52 Å². The fraction of sp³-hybridized carbons (Fsp3) is 0. The van der Waals surface area contributed by atoms with Crippen molar-refractivity contribution in [1.29, 1.82) is 0 Å². The van der Waals surface area contributed by atoms with Crippen LogP contribution in [0.3, 0.4) is 0 Å². The first-order chi connectivity index (χ1) is 14.9. The van der Waals surface area contributed by atoms with E-state index >= 15 is 0 Å². The number of sulfonamides is 1. The summed E-state index contributed by atoms with van der Waals surface area (Å²) in [5, 5.41) is 17.2. The number of nitrogens with zero attached hydrogens (tertiary/aromatic N) is 4. The summed E-state index contributed by atoms with van der Waals surface area (Å²) in [7, 11) is -3.78. The van der Waals surface area contributed by atoms with Gasteiger partial charge in [-0.15, -0.1) is 32.9 Å². The molecule has 7 nitrogen and oxygen atoms in total. The number of aromatic nitrogens is 4. The smallest absolute Gasteiger partial charge is 0.238 e. The molecule has 0 amide bonds. The lowest BCUT2D eigenvalue weighted by atomic mass is 10.3. The van der Waals surface area contributed by atoms with Gasteiger partial charge in [-0.1, -0.05) is 23.7 Å². The highest BCUT2D eigenvalue weighted by Gasteiger charge is 2.20. The minimum Gasteiger partial charge on any atom is -0.269 e. The van der Waals surface area contributed by atoms with Crippen LogP contribution in [0.5, 0.6) is 0 Å². The van der Waals surface area contributed by atoms with E-state index in [1.54, 1.807) is 12.1 Å². The maximum absolute atomic E-state index is 11.6. The first-order valence-corrected chi connectivity index (χ1v) is 13.2. The molecule has 0 aliphatic carbocycles. The Morgan fingerprint density at radius 2 is 1.84 bits per heavy atom. The molecule has 0 aliphatic rings. The summed E-state index contributed by atoms with van der Waals surface area (Å²) in [5.74, 6) is 0.653. The second-order valence-corrected chi connectivity index (χ2v) is 11.5. The van der Waals surface area contributed by atoms with Crippen LogP contribution >= 0.6 is 46.0 Å². The summed E-state index contributed by atoms with van der Waals surface area (Å²) in [5.41, 5.74) is 1.46. The normalized spacial score (nSPS) is 11.9. The van der Waals surface area contributed by atoms with Gasteiger partial charge in [0.05, 0.1) is 19.5 Å². The molecule has 2 N–H and O–H groups in total. The second kappa shape index (κ2) is 8.01. The predicted molar refractivity (Wildman–Crippen MR) is 125 cm³/mol. The molecule has 3 heterocycles. The average molecular weight is 506 g/mol. The Kier molecular flexibility index (Phi) is 5.32. The van der Waals surface area contributed by atoms with E-state index in [0.717, 1.165) is 19.4 Å². The first-order valence-electron chi connectivity index (χ1n) is 8.75. The van der Waals surface area contributed by atoms with E-state index in [1.807, 2.05) is 40.3 Å². The van der Waals surface area contributed by atoms with Gasteiger partial charge in [-0.05, 0) is 59.6 Å². The maximum atomic E-state index is 11.6. The van der Waals surface area contributed by atoms with Crippen molar-refractivity contribution in [3.63, 3.8) is 0 Å². The van der Waals surface area contributed by atoms with E-state index in [9.17, 15) is 8.42 Å². The number of para-hydroxylation sites is 1. The zero-order chi connectivity index (χ0) is 21.6. The highest BCUT2D eigenvalue weighted by molar-refractivity contribution is 8.01. The Morgan fingerprint density at radius 3 is 2.52 bits per heavy atom. The molecule has 5 aromatic rings. The number of halogens is 1. The lowest BCUT2D eigenvalue weighted by molar-refractivity contribution is 0.598. The Balaban J connectivity index is 1.61. The lowest BCUT2D eigenvalue weighted by Gasteiger charge is -2.09. The van der Waals surface area contributed by atoms with Crippen LogP contribution in [0.15, 0.2) is 74.4 Å². The highest BCUT2D eigenvalue weighted by atomic mass is 35.5. The first kappa shape index (κ1) is 20.6. The molecule has 31 heavy (non-hydrogen) atoms. The molecule has 2 aromatic carbocycles. The van der Waals surface area contributed by atoms with Gasteiger partial charge >= 0.3 is 0 Å². The number of thiazole rings is 1. The SMILES string of the molecule is NS(=O)(=O)c1ccc(-n2c(Sc3nc4c(Cl)cccc4s3)nnc2-c2cccs2)cc1. The molecule has 0 spiro atoms. The highest BCUT2D eigenvalue weighted by Crippen LogP contribution is 2.38. The van der Waals surface area contributed by atoms with Crippen LogP contribution < -0.4 is 5.14 Å². The maximum Gasteiger partial charge on any atom is 0.238 e. The van der Waals surface area contributed by atoms with Crippen molar-refractivity contribution in [2.45, 2.75) is 14.4 Å². The number of fused-ring (bicyclic) bond motifs is 1. The molecular weight excluding hydrogens is 494 g/mol. The number of hydrogen-bond donors (Lipinski definition) is 1. The standard InChI is InChI=1S/C19H12ClN5O2S4/c20-13-3-1-4-14-16(13)22-19(29-14)30-18-24-23-17(15-5-2-10-28-15)25(18)11-6-8-12(9-7-11)31(21,26)27/h1-10H,(H2,21,26,27). The summed E-state index contributed by atoms with van der Waals surface area (Å²) >= 11 is 10.7. The van der Waals surface area contributed by atoms with Gasteiger partial charge in [0.2, 0.25) is 15.2 Å². The molecule has 0 aliphatic heterocycles. The summed E-state index contributed by atoms with van der Waals surface area (Å²) in [6.07, 6.45) is 0. The largest absolute Gasteiger partial charge is 0.269 e.